The third-order valence-electron chi connectivity index (χ3n) is 6.35. The second kappa shape index (κ2) is 10.9. The molecule has 1 aromatic rings. The molecule has 6 nitrogen and oxygen atoms in total. The van der Waals surface area contributed by atoms with E-state index >= 15 is 0 Å². The molecule has 2 aliphatic heterocycles. The highest BCUT2D eigenvalue weighted by molar-refractivity contribution is 8.26. The monoisotopic (exact) mass is 486 g/mol. The van der Waals surface area contributed by atoms with E-state index in [0.717, 1.165) is 50.2 Å². The van der Waals surface area contributed by atoms with Crippen LogP contribution in [0.25, 0.3) is 6.08 Å². The summed E-state index contributed by atoms with van der Waals surface area (Å²) in [5.74, 6) is 1.73. The number of nitriles is 1. The zero-order valence-corrected chi connectivity index (χ0v) is 21.9. The molecule has 1 aromatic heterocycles. The Bertz CT molecular complexity index is 1060. The van der Waals surface area contributed by atoms with E-state index in [1.54, 1.807) is 9.47 Å². The Labute approximate surface area is 206 Å². The Morgan fingerprint density at radius 2 is 1.82 bits per heavy atom. The third-order valence-corrected chi connectivity index (χ3v) is 7.72. The minimum Gasteiger partial charge on any atom is -0.357 e. The van der Waals surface area contributed by atoms with Gasteiger partial charge in [-0.25, -0.2) is 0 Å². The van der Waals surface area contributed by atoms with Crippen LogP contribution in [0, 0.1) is 30.1 Å². The van der Waals surface area contributed by atoms with E-state index in [4.69, 9.17) is 12.2 Å². The number of carbonyl (C=O) groups is 1. The van der Waals surface area contributed by atoms with Crippen LogP contribution in [-0.4, -0.2) is 39.3 Å². The summed E-state index contributed by atoms with van der Waals surface area (Å²) in [4.78, 5) is 31.0. The molecule has 8 heteroatoms. The summed E-state index contributed by atoms with van der Waals surface area (Å²) >= 11 is 6.76. The fourth-order valence-corrected chi connectivity index (χ4v) is 6.18. The Hall–Kier alpha value is -2.11. The van der Waals surface area contributed by atoms with Crippen molar-refractivity contribution in [2.75, 3.05) is 24.5 Å². The van der Waals surface area contributed by atoms with Crippen LogP contribution in [0.5, 0.6) is 0 Å². The molecule has 1 amide bonds. The second-order valence-corrected chi connectivity index (χ2v) is 11.0. The molecule has 0 saturated carbocycles. The predicted molar refractivity (Wildman–Crippen MR) is 140 cm³/mol. The average molecular weight is 487 g/mol. The summed E-state index contributed by atoms with van der Waals surface area (Å²) in [6, 6.07) is 2.13. The topological polar surface area (TPSA) is 69.3 Å². The molecule has 2 atom stereocenters. The number of pyridine rings is 1. The van der Waals surface area contributed by atoms with Gasteiger partial charge in [0.25, 0.3) is 11.5 Å². The fraction of sp³-hybridized carbons (Fsp3) is 0.600. The number of nitrogens with zero attached hydrogens (tertiary/aromatic N) is 4. The number of rotatable bonds is 7. The number of unbranched alkanes of at least 4 members (excludes halogenated alkanes) is 1. The van der Waals surface area contributed by atoms with Crippen molar-refractivity contribution in [3.8, 4) is 6.07 Å². The van der Waals surface area contributed by atoms with Crippen molar-refractivity contribution in [2.45, 2.75) is 66.8 Å². The van der Waals surface area contributed by atoms with E-state index in [2.05, 4.69) is 31.7 Å². The number of hydrogen-bond donors (Lipinski definition) is 0. The van der Waals surface area contributed by atoms with E-state index in [-0.39, 0.29) is 17.0 Å². The maximum Gasteiger partial charge on any atom is 0.270 e. The summed E-state index contributed by atoms with van der Waals surface area (Å²) in [5.41, 5.74) is 1.35. The van der Waals surface area contributed by atoms with Crippen LogP contribution >= 0.6 is 24.0 Å². The summed E-state index contributed by atoms with van der Waals surface area (Å²) in [6.07, 6.45) is 5.63. The van der Waals surface area contributed by atoms with Crippen molar-refractivity contribution in [3.05, 3.63) is 31.9 Å². The molecule has 0 aromatic carbocycles. The first-order valence-electron chi connectivity index (χ1n) is 11.9. The van der Waals surface area contributed by atoms with Gasteiger partial charge in [0.15, 0.2) is 0 Å². The lowest BCUT2D eigenvalue weighted by Gasteiger charge is -2.39. The molecule has 0 spiro atoms. The van der Waals surface area contributed by atoms with Gasteiger partial charge in [0.05, 0.1) is 4.91 Å². The van der Waals surface area contributed by atoms with E-state index in [9.17, 15) is 14.9 Å². The number of thiocarbonyl (C=S) groups is 1. The number of anilines is 1. The standard InChI is InChI=1S/C25H34N4O2S2/c1-6-8-10-28-22(27-14-16(3)11-17(4)15-27)19(18(5)20(13-26)23(28)30)12-21-24(31)29(9-7-2)25(32)33-21/h12,16-17H,6-11,14-15H2,1-5H3/b21-12-. The van der Waals surface area contributed by atoms with Gasteiger partial charge in [0, 0.05) is 31.7 Å². The third kappa shape index (κ3) is 5.20. The molecule has 178 valence electrons. The smallest absolute Gasteiger partial charge is 0.270 e. The van der Waals surface area contributed by atoms with Crippen LogP contribution in [0.1, 0.15) is 70.1 Å². The molecule has 2 saturated heterocycles. The fourth-order valence-electron chi connectivity index (χ4n) is 4.89. The van der Waals surface area contributed by atoms with Gasteiger partial charge in [-0.05, 0) is 49.7 Å². The minimum absolute atomic E-state index is 0.0950. The van der Waals surface area contributed by atoms with E-state index < -0.39 is 0 Å². The number of hydrogen-bond acceptors (Lipinski definition) is 6. The minimum atomic E-state index is -0.236. The molecule has 2 aliphatic rings. The average Bonchev–Trinajstić information content (AvgIpc) is 3.02. The molecule has 0 aliphatic carbocycles. The first-order chi connectivity index (χ1) is 15.7. The van der Waals surface area contributed by atoms with Crippen LogP contribution < -0.4 is 10.5 Å². The summed E-state index contributed by atoms with van der Waals surface area (Å²) in [5, 5.41) is 9.83. The Kier molecular flexibility index (Phi) is 8.41. The Balaban J connectivity index is 2.25. The molecule has 33 heavy (non-hydrogen) atoms. The van der Waals surface area contributed by atoms with Crippen LogP contribution in [0.15, 0.2) is 9.70 Å². The summed E-state index contributed by atoms with van der Waals surface area (Å²) < 4.78 is 2.34. The second-order valence-electron chi connectivity index (χ2n) is 9.34. The molecule has 3 heterocycles. The molecule has 0 bridgehead atoms. The normalized spacial score (nSPS) is 22.4. The highest BCUT2D eigenvalue weighted by Crippen LogP contribution is 2.37. The maximum absolute atomic E-state index is 13.4. The van der Waals surface area contributed by atoms with Gasteiger partial charge >= 0.3 is 0 Å². The van der Waals surface area contributed by atoms with Crippen molar-refractivity contribution >= 4 is 46.1 Å². The lowest BCUT2D eigenvalue weighted by molar-refractivity contribution is -0.122. The molecular weight excluding hydrogens is 452 g/mol. The van der Waals surface area contributed by atoms with Crippen molar-refractivity contribution in [1.82, 2.24) is 9.47 Å². The predicted octanol–water partition coefficient (Wildman–Crippen LogP) is 4.92. The van der Waals surface area contributed by atoms with Gasteiger partial charge in [-0.1, -0.05) is 58.1 Å². The van der Waals surface area contributed by atoms with Gasteiger partial charge in [-0.3, -0.25) is 19.1 Å². The number of piperidine rings is 1. The van der Waals surface area contributed by atoms with E-state index in [1.165, 1.54) is 11.8 Å². The number of carbonyl (C=O) groups excluding carboxylic acids is 1. The summed E-state index contributed by atoms with van der Waals surface area (Å²) in [7, 11) is 0. The Morgan fingerprint density at radius 1 is 1.15 bits per heavy atom. The first kappa shape index (κ1) is 25.5. The van der Waals surface area contributed by atoms with Gasteiger partial charge in [-0.15, -0.1) is 0 Å². The lowest BCUT2D eigenvalue weighted by atomic mass is 9.91. The molecular formula is C25H34N4O2S2. The Morgan fingerprint density at radius 3 is 2.39 bits per heavy atom. The molecule has 3 rings (SSSR count). The van der Waals surface area contributed by atoms with Crippen molar-refractivity contribution in [1.29, 1.82) is 5.26 Å². The SMILES string of the molecule is CCCCn1c(N2CC(C)CC(C)C2)c(/C=C2\SC(=S)N(CCC)C2=O)c(C)c(C#N)c1=O. The maximum atomic E-state index is 13.4. The highest BCUT2D eigenvalue weighted by atomic mass is 32.2. The van der Waals surface area contributed by atoms with Crippen LogP contribution in [0.4, 0.5) is 5.82 Å². The van der Waals surface area contributed by atoms with Crippen molar-refractivity contribution < 1.29 is 4.79 Å². The largest absolute Gasteiger partial charge is 0.357 e. The molecule has 2 fully saturated rings. The quantitative estimate of drug-likeness (QED) is 0.402. The van der Waals surface area contributed by atoms with E-state index in [1.807, 2.05) is 19.9 Å². The molecule has 0 N–H and O–H groups in total. The van der Waals surface area contributed by atoms with Gasteiger partial charge in [0.2, 0.25) is 0 Å². The first-order valence-corrected chi connectivity index (χ1v) is 13.1. The number of aromatic nitrogens is 1. The number of thioether (sulfide) groups is 1. The zero-order valence-electron chi connectivity index (χ0n) is 20.3. The van der Waals surface area contributed by atoms with Gasteiger partial charge in [0.1, 0.15) is 21.8 Å². The zero-order chi connectivity index (χ0) is 24.3. The molecule has 2 unspecified atom stereocenters. The summed E-state index contributed by atoms with van der Waals surface area (Å²) in [6.45, 7) is 13.2. The highest BCUT2D eigenvalue weighted by Gasteiger charge is 2.33. The number of amides is 1. The van der Waals surface area contributed by atoms with Crippen molar-refractivity contribution in [2.24, 2.45) is 11.8 Å². The van der Waals surface area contributed by atoms with Crippen LogP contribution in [0.3, 0.4) is 0 Å². The van der Waals surface area contributed by atoms with E-state index in [0.29, 0.717) is 39.7 Å². The molecule has 0 radical (unpaired) electrons. The van der Waals surface area contributed by atoms with Crippen LogP contribution in [-0.2, 0) is 11.3 Å². The van der Waals surface area contributed by atoms with Gasteiger partial charge in [-0.2, -0.15) is 5.26 Å². The van der Waals surface area contributed by atoms with Crippen LogP contribution in [0.2, 0.25) is 0 Å². The lowest BCUT2D eigenvalue weighted by Crippen LogP contribution is -2.43. The van der Waals surface area contributed by atoms with Crippen molar-refractivity contribution in [3.63, 3.8) is 0 Å². The van der Waals surface area contributed by atoms with Gasteiger partial charge < -0.3 is 4.90 Å².